The van der Waals surface area contributed by atoms with Crippen LogP contribution in [0.5, 0.6) is 0 Å². The van der Waals surface area contributed by atoms with Crippen LogP contribution in [0.1, 0.15) is 18.4 Å². The number of likely N-dealkylation sites (tertiary alicyclic amines) is 1. The summed E-state index contributed by atoms with van der Waals surface area (Å²) in [7, 11) is 1.63. The number of hydrogen-bond donors (Lipinski definition) is 1. The molecule has 6 heteroatoms. The summed E-state index contributed by atoms with van der Waals surface area (Å²) in [4.78, 5) is 14.5. The highest BCUT2D eigenvalue weighted by Gasteiger charge is 2.41. The SMILES string of the molecule is COCCNC(=O)[C@H]1C[C@@H]2CCN(Cc3ccoc3)C[C@@H]2O1. The van der Waals surface area contributed by atoms with E-state index in [1.807, 2.05) is 6.07 Å². The van der Waals surface area contributed by atoms with Crippen LogP contribution in [0.4, 0.5) is 0 Å². The molecule has 3 heterocycles. The summed E-state index contributed by atoms with van der Waals surface area (Å²) in [5.41, 5.74) is 1.19. The van der Waals surface area contributed by atoms with Gasteiger partial charge in [0, 0.05) is 32.3 Å². The van der Waals surface area contributed by atoms with Crippen LogP contribution >= 0.6 is 0 Å². The fraction of sp³-hybridized carbons (Fsp3) is 0.688. The highest BCUT2D eigenvalue weighted by molar-refractivity contribution is 5.81. The van der Waals surface area contributed by atoms with Gasteiger partial charge in [-0.25, -0.2) is 0 Å². The van der Waals surface area contributed by atoms with Crippen LogP contribution in [0.25, 0.3) is 0 Å². The number of fused-ring (bicyclic) bond motifs is 1. The van der Waals surface area contributed by atoms with E-state index < -0.39 is 0 Å². The molecule has 1 amide bonds. The van der Waals surface area contributed by atoms with Crippen molar-refractivity contribution < 1.29 is 18.7 Å². The summed E-state index contributed by atoms with van der Waals surface area (Å²) in [5.74, 6) is 0.492. The van der Waals surface area contributed by atoms with E-state index in [2.05, 4.69) is 10.2 Å². The molecule has 2 aliphatic rings. The largest absolute Gasteiger partial charge is 0.472 e. The van der Waals surface area contributed by atoms with Gasteiger partial charge in [-0.05, 0) is 31.4 Å². The van der Waals surface area contributed by atoms with Crippen molar-refractivity contribution in [3.05, 3.63) is 24.2 Å². The first kappa shape index (κ1) is 15.5. The third kappa shape index (κ3) is 3.69. The molecule has 122 valence electrons. The zero-order valence-electron chi connectivity index (χ0n) is 13.0. The number of hydrogen-bond acceptors (Lipinski definition) is 5. The first-order chi connectivity index (χ1) is 10.8. The van der Waals surface area contributed by atoms with Crippen LogP contribution in [0, 0.1) is 5.92 Å². The molecule has 1 aromatic heterocycles. The third-order valence-corrected chi connectivity index (χ3v) is 4.52. The summed E-state index contributed by atoms with van der Waals surface area (Å²) < 4.78 is 16.0. The molecule has 1 N–H and O–H groups in total. The molecule has 0 saturated carbocycles. The average Bonchev–Trinajstić information content (AvgIpc) is 3.16. The Balaban J connectivity index is 1.47. The van der Waals surface area contributed by atoms with Crippen molar-refractivity contribution in [2.45, 2.75) is 31.6 Å². The Hall–Kier alpha value is -1.37. The fourth-order valence-corrected chi connectivity index (χ4v) is 3.34. The summed E-state index contributed by atoms with van der Waals surface area (Å²) in [5, 5.41) is 2.87. The van der Waals surface area contributed by atoms with Gasteiger partial charge < -0.3 is 19.2 Å². The van der Waals surface area contributed by atoms with Gasteiger partial charge in [-0.1, -0.05) is 0 Å². The van der Waals surface area contributed by atoms with E-state index in [0.29, 0.717) is 19.1 Å². The Bertz CT molecular complexity index is 477. The van der Waals surface area contributed by atoms with Crippen LogP contribution in [0.15, 0.2) is 23.0 Å². The van der Waals surface area contributed by atoms with Crippen molar-refractivity contribution in [1.29, 1.82) is 0 Å². The van der Waals surface area contributed by atoms with Gasteiger partial charge in [0.25, 0.3) is 0 Å². The lowest BCUT2D eigenvalue weighted by molar-refractivity contribution is -0.133. The standard InChI is InChI=1S/C16H24N2O4/c1-20-7-4-17-16(19)14-8-13-2-5-18(10-15(13)22-14)9-12-3-6-21-11-12/h3,6,11,13-15H,2,4-5,7-10H2,1H3,(H,17,19)/t13-,14+,15-/m0/s1. The summed E-state index contributed by atoms with van der Waals surface area (Å²) >= 11 is 0. The third-order valence-electron chi connectivity index (χ3n) is 4.52. The predicted octanol–water partition coefficient (Wildman–Crippen LogP) is 1.02. The number of ether oxygens (including phenoxy) is 2. The highest BCUT2D eigenvalue weighted by Crippen LogP contribution is 2.33. The van der Waals surface area contributed by atoms with Crippen molar-refractivity contribution >= 4 is 5.91 Å². The van der Waals surface area contributed by atoms with Crippen LogP contribution in [-0.4, -0.2) is 56.4 Å². The van der Waals surface area contributed by atoms with Gasteiger partial charge in [-0.15, -0.1) is 0 Å². The van der Waals surface area contributed by atoms with E-state index in [9.17, 15) is 4.79 Å². The number of furan rings is 1. The van der Waals surface area contributed by atoms with Gasteiger partial charge in [-0.2, -0.15) is 0 Å². The number of amides is 1. The van der Waals surface area contributed by atoms with E-state index in [0.717, 1.165) is 32.5 Å². The molecule has 2 fully saturated rings. The number of carbonyl (C=O) groups is 1. The predicted molar refractivity (Wildman–Crippen MR) is 80.3 cm³/mol. The minimum atomic E-state index is -0.305. The summed E-state index contributed by atoms with van der Waals surface area (Å²) in [6.07, 6.45) is 5.27. The van der Waals surface area contributed by atoms with Crippen LogP contribution in [0.2, 0.25) is 0 Å². The van der Waals surface area contributed by atoms with Crippen LogP contribution in [0.3, 0.4) is 0 Å². The second-order valence-electron chi connectivity index (χ2n) is 6.10. The average molecular weight is 308 g/mol. The molecule has 0 aromatic carbocycles. The van der Waals surface area contributed by atoms with Crippen molar-refractivity contribution in [2.24, 2.45) is 5.92 Å². The van der Waals surface area contributed by atoms with Gasteiger partial charge in [0.15, 0.2) is 0 Å². The van der Waals surface area contributed by atoms with Crippen molar-refractivity contribution in [3.63, 3.8) is 0 Å². The molecular formula is C16H24N2O4. The molecule has 22 heavy (non-hydrogen) atoms. The molecule has 3 atom stereocenters. The van der Waals surface area contributed by atoms with E-state index in [4.69, 9.17) is 13.9 Å². The number of nitrogens with zero attached hydrogens (tertiary/aromatic N) is 1. The second-order valence-corrected chi connectivity index (χ2v) is 6.10. The topological polar surface area (TPSA) is 63.9 Å². The molecule has 0 bridgehead atoms. The number of rotatable bonds is 6. The number of carbonyl (C=O) groups excluding carboxylic acids is 1. The number of nitrogens with one attached hydrogen (secondary N) is 1. The monoisotopic (exact) mass is 308 g/mol. The second kappa shape index (κ2) is 7.26. The molecule has 3 rings (SSSR count). The maximum absolute atomic E-state index is 12.1. The van der Waals surface area contributed by atoms with Gasteiger partial charge in [0.1, 0.15) is 6.10 Å². The maximum Gasteiger partial charge on any atom is 0.249 e. The maximum atomic E-state index is 12.1. The minimum Gasteiger partial charge on any atom is -0.472 e. The lowest BCUT2D eigenvalue weighted by Gasteiger charge is -2.33. The van der Waals surface area contributed by atoms with Gasteiger partial charge >= 0.3 is 0 Å². The molecule has 6 nitrogen and oxygen atoms in total. The van der Waals surface area contributed by atoms with Crippen molar-refractivity contribution in [2.75, 3.05) is 33.4 Å². The Labute approximate surface area is 130 Å². The highest BCUT2D eigenvalue weighted by atomic mass is 16.5. The summed E-state index contributed by atoms with van der Waals surface area (Å²) in [6.45, 7) is 3.89. The molecule has 2 aliphatic heterocycles. The van der Waals surface area contributed by atoms with E-state index in [-0.39, 0.29) is 18.1 Å². The Morgan fingerprint density at radius 1 is 1.55 bits per heavy atom. The molecule has 0 aliphatic carbocycles. The first-order valence-corrected chi connectivity index (χ1v) is 7.92. The quantitative estimate of drug-likeness (QED) is 0.795. The Kier molecular flexibility index (Phi) is 5.12. The molecule has 0 spiro atoms. The van der Waals surface area contributed by atoms with Gasteiger partial charge in [-0.3, -0.25) is 9.69 Å². The van der Waals surface area contributed by atoms with Crippen molar-refractivity contribution in [1.82, 2.24) is 10.2 Å². The van der Waals surface area contributed by atoms with Crippen molar-refractivity contribution in [3.8, 4) is 0 Å². The first-order valence-electron chi connectivity index (χ1n) is 7.92. The molecular weight excluding hydrogens is 284 g/mol. The Morgan fingerprint density at radius 3 is 3.23 bits per heavy atom. The fourth-order valence-electron chi connectivity index (χ4n) is 3.34. The van der Waals surface area contributed by atoms with Crippen LogP contribution < -0.4 is 5.32 Å². The zero-order chi connectivity index (χ0) is 15.4. The van der Waals surface area contributed by atoms with E-state index in [1.165, 1.54) is 5.56 Å². The normalized spacial score (nSPS) is 28.5. The van der Waals surface area contributed by atoms with E-state index in [1.54, 1.807) is 19.6 Å². The molecule has 2 saturated heterocycles. The molecule has 0 radical (unpaired) electrons. The zero-order valence-corrected chi connectivity index (χ0v) is 13.0. The lowest BCUT2D eigenvalue weighted by Crippen LogP contribution is -2.42. The number of piperidine rings is 1. The van der Waals surface area contributed by atoms with E-state index >= 15 is 0 Å². The molecule has 0 unspecified atom stereocenters. The van der Waals surface area contributed by atoms with Gasteiger partial charge in [0.2, 0.25) is 5.91 Å². The van der Waals surface area contributed by atoms with Crippen LogP contribution in [-0.2, 0) is 20.8 Å². The smallest absolute Gasteiger partial charge is 0.249 e. The minimum absolute atomic E-state index is 0.00663. The lowest BCUT2D eigenvalue weighted by atomic mass is 9.91. The number of methoxy groups -OCH3 is 1. The molecule has 1 aromatic rings. The Morgan fingerprint density at radius 2 is 2.45 bits per heavy atom. The summed E-state index contributed by atoms with van der Waals surface area (Å²) in [6, 6.07) is 1.99. The van der Waals surface area contributed by atoms with Gasteiger partial charge in [0.05, 0.1) is 25.2 Å².